The summed E-state index contributed by atoms with van der Waals surface area (Å²) in [4.78, 5) is 3.57. The minimum absolute atomic E-state index is 0. The summed E-state index contributed by atoms with van der Waals surface area (Å²) in [6, 6.07) is 2.16. The topological polar surface area (TPSA) is 12.4 Å². The van der Waals surface area contributed by atoms with Crippen molar-refractivity contribution in [3.8, 4) is 12.5 Å². The number of allylic oxidation sites excluding steroid dienone is 1. The summed E-state index contributed by atoms with van der Waals surface area (Å²) < 4.78 is 0. The van der Waals surface area contributed by atoms with Crippen LogP contribution in [0, 0.1) is 12.5 Å². The van der Waals surface area contributed by atoms with Crippen molar-refractivity contribution in [1.29, 1.82) is 0 Å². The Morgan fingerprint density at radius 1 is 1.27 bits per heavy atom. The first-order valence-corrected chi connectivity index (χ1v) is 3.09. The zero-order valence-corrected chi connectivity index (χ0v) is 7.23. The van der Waals surface area contributed by atoms with E-state index < -0.39 is 0 Å². The van der Waals surface area contributed by atoms with Crippen LogP contribution in [0.2, 0.25) is 0 Å². The Balaban J connectivity index is -0.000000114. The molecule has 0 aromatic rings. The third-order valence-corrected chi connectivity index (χ3v) is 0.288. The molecule has 0 heterocycles. The number of aliphatic imine (C=N–C) groups is 1. The molecule has 1 nitrogen and oxygen atoms in total. The Labute approximate surface area is 71.2 Å². The third kappa shape index (κ3) is 112. The van der Waals surface area contributed by atoms with E-state index in [1.165, 1.54) is 5.57 Å². The molecule has 0 aliphatic rings. The van der Waals surface area contributed by atoms with Gasteiger partial charge in [0.1, 0.15) is 0 Å². The number of nitrogens with zero attached hydrogens (tertiary/aromatic N) is 1. The van der Waals surface area contributed by atoms with E-state index in [1.807, 2.05) is 27.7 Å². The highest BCUT2D eigenvalue weighted by Gasteiger charge is 1.65. The van der Waals surface area contributed by atoms with Gasteiger partial charge in [-0.1, -0.05) is 19.4 Å². The summed E-state index contributed by atoms with van der Waals surface area (Å²) in [6.07, 6.45) is 4.79. The Kier molecular flexibility index (Phi) is 17.6. The minimum atomic E-state index is 0. The van der Waals surface area contributed by atoms with Crippen LogP contribution < -0.4 is 0 Å². The highest BCUT2D eigenvalue weighted by Crippen LogP contribution is 1.73. The fourth-order valence-electron chi connectivity index (χ4n) is 0.129. The molecule has 0 bridgehead atoms. The molecule has 0 aromatic carbocycles. The molecule has 0 spiro atoms. The van der Waals surface area contributed by atoms with Crippen LogP contribution in [0.5, 0.6) is 0 Å². The second-order valence-corrected chi connectivity index (χ2v) is 2.40. The molecule has 0 aromatic heterocycles. The maximum Gasteiger partial charge on any atom is 0.0300 e. The monoisotopic (exact) mass is 153 g/mol. The molecular weight excluding hydrogens is 134 g/mol. The molecule has 1 heteroatoms. The fraction of sp³-hybridized carbons (Fsp3) is 0.500. The van der Waals surface area contributed by atoms with Gasteiger partial charge in [-0.3, -0.25) is 0 Å². The molecule has 0 N–H and O–H groups in total. The lowest BCUT2D eigenvalue weighted by molar-refractivity contribution is 1.42. The van der Waals surface area contributed by atoms with Crippen LogP contribution in [0.3, 0.4) is 0 Å². The molecular formula is C10H19N. The van der Waals surface area contributed by atoms with Crippen LogP contribution in [0.15, 0.2) is 17.1 Å². The second-order valence-electron chi connectivity index (χ2n) is 2.40. The lowest BCUT2D eigenvalue weighted by Gasteiger charge is -1.72. The van der Waals surface area contributed by atoms with Crippen LogP contribution in [-0.2, 0) is 0 Å². The number of terminal acetylenes is 1. The van der Waals surface area contributed by atoms with Gasteiger partial charge in [-0.05, 0) is 27.7 Å². The average molecular weight is 153 g/mol. The van der Waals surface area contributed by atoms with Crippen LogP contribution in [0.25, 0.3) is 0 Å². The Bertz CT molecular complexity index is 150. The van der Waals surface area contributed by atoms with E-state index in [9.17, 15) is 0 Å². The lowest BCUT2D eigenvalue weighted by Crippen LogP contribution is -1.73. The number of hydrogen-bond acceptors (Lipinski definition) is 1. The Morgan fingerprint density at radius 2 is 1.55 bits per heavy atom. The van der Waals surface area contributed by atoms with Crippen molar-refractivity contribution in [2.45, 2.75) is 35.1 Å². The highest BCUT2D eigenvalue weighted by atomic mass is 14.7. The van der Waals surface area contributed by atoms with E-state index in [0.717, 1.165) is 5.71 Å². The Hall–Kier alpha value is -1.03. The summed E-state index contributed by atoms with van der Waals surface area (Å²) in [5, 5.41) is 0. The Morgan fingerprint density at radius 3 is 1.55 bits per heavy atom. The predicted octanol–water partition coefficient (Wildman–Crippen LogP) is 3.28. The van der Waals surface area contributed by atoms with Gasteiger partial charge in [0.2, 0.25) is 0 Å². The molecule has 0 unspecified atom stereocenters. The molecule has 64 valence electrons. The quantitative estimate of drug-likeness (QED) is 0.288. The third-order valence-electron chi connectivity index (χ3n) is 0.288. The molecule has 0 aliphatic carbocycles. The van der Waals surface area contributed by atoms with Gasteiger partial charge in [0, 0.05) is 11.8 Å². The summed E-state index contributed by atoms with van der Waals surface area (Å²) in [5.41, 5.74) is 2.09. The molecule has 0 atom stereocenters. The van der Waals surface area contributed by atoms with Crippen LogP contribution in [0.4, 0.5) is 0 Å². The number of rotatable bonds is 0. The normalized spacial score (nSPS) is 5.73. The average Bonchev–Trinajstić information content (AvgIpc) is 1.62. The summed E-state index contributed by atoms with van der Waals surface area (Å²) in [7, 11) is 0. The van der Waals surface area contributed by atoms with E-state index in [0.29, 0.717) is 0 Å². The maximum atomic E-state index is 4.79. The van der Waals surface area contributed by atoms with Gasteiger partial charge in [-0.15, -0.1) is 6.58 Å². The number of hydrogen-bond donors (Lipinski definition) is 0. The summed E-state index contributed by atoms with van der Waals surface area (Å²) in [6.45, 7) is 11.2. The SMILES string of the molecule is C.C#CN=C(C)C.C=C(C)C. The molecule has 0 rings (SSSR count). The molecule has 0 fully saturated rings. The van der Waals surface area contributed by atoms with Crippen LogP contribution in [0.1, 0.15) is 35.1 Å². The molecule has 0 saturated heterocycles. The van der Waals surface area contributed by atoms with E-state index in [2.05, 4.69) is 17.6 Å². The van der Waals surface area contributed by atoms with Crippen LogP contribution in [-0.4, -0.2) is 5.71 Å². The van der Waals surface area contributed by atoms with E-state index >= 15 is 0 Å². The van der Waals surface area contributed by atoms with E-state index in [4.69, 9.17) is 6.42 Å². The van der Waals surface area contributed by atoms with Crippen molar-refractivity contribution in [3.05, 3.63) is 12.2 Å². The van der Waals surface area contributed by atoms with Gasteiger partial charge in [0.15, 0.2) is 0 Å². The largest absolute Gasteiger partial charge is 0.208 e. The predicted molar refractivity (Wildman–Crippen MR) is 54.8 cm³/mol. The van der Waals surface area contributed by atoms with Crippen molar-refractivity contribution < 1.29 is 0 Å². The summed E-state index contributed by atoms with van der Waals surface area (Å²) >= 11 is 0. The van der Waals surface area contributed by atoms with E-state index in [-0.39, 0.29) is 7.43 Å². The molecule has 0 aliphatic heterocycles. The van der Waals surface area contributed by atoms with E-state index in [1.54, 1.807) is 0 Å². The second kappa shape index (κ2) is 11.7. The zero-order valence-electron chi connectivity index (χ0n) is 7.23. The highest BCUT2D eigenvalue weighted by molar-refractivity contribution is 5.79. The van der Waals surface area contributed by atoms with Crippen molar-refractivity contribution in [1.82, 2.24) is 0 Å². The lowest BCUT2D eigenvalue weighted by atomic mass is 10.4. The van der Waals surface area contributed by atoms with Gasteiger partial charge in [0.25, 0.3) is 0 Å². The molecule has 0 saturated carbocycles. The minimum Gasteiger partial charge on any atom is -0.208 e. The first-order chi connectivity index (χ1) is 4.50. The maximum absolute atomic E-state index is 4.79. The fourth-order valence-corrected chi connectivity index (χ4v) is 0.129. The smallest absolute Gasteiger partial charge is 0.0300 e. The van der Waals surface area contributed by atoms with Gasteiger partial charge >= 0.3 is 0 Å². The standard InChI is InChI=1S/C5H7N.C4H8.CH4/c1-4-6-5(2)3;1-4(2)3;/h1H,2-3H3;1H2,2-3H3;1H4. The van der Waals surface area contributed by atoms with Gasteiger partial charge < -0.3 is 0 Å². The van der Waals surface area contributed by atoms with Gasteiger partial charge in [-0.25, -0.2) is 4.99 Å². The zero-order chi connectivity index (χ0) is 8.57. The first-order valence-electron chi connectivity index (χ1n) is 3.09. The molecule has 0 radical (unpaired) electrons. The molecule has 0 amide bonds. The van der Waals surface area contributed by atoms with Crippen molar-refractivity contribution >= 4 is 5.71 Å². The first kappa shape index (κ1) is 16.5. The summed E-state index contributed by atoms with van der Waals surface area (Å²) in [5.74, 6) is 0. The molecule has 11 heavy (non-hydrogen) atoms. The van der Waals surface area contributed by atoms with Crippen LogP contribution >= 0.6 is 0 Å². The van der Waals surface area contributed by atoms with Crippen molar-refractivity contribution in [3.63, 3.8) is 0 Å². The van der Waals surface area contributed by atoms with Crippen molar-refractivity contribution in [2.24, 2.45) is 4.99 Å². The van der Waals surface area contributed by atoms with Gasteiger partial charge in [0.05, 0.1) is 0 Å². The van der Waals surface area contributed by atoms with Gasteiger partial charge in [-0.2, -0.15) is 0 Å². The van der Waals surface area contributed by atoms with Crippen molar-refractivity contribution in [2.75, 3.05) is 0 Å².